The molecule has 1 aromatic heterocycles. The largest absolute Gasteiger partial charge is 0.510 e. The Hall–Kier alpha value is -3.03. The Labute approximate surface area is 183 Å². The molecule has 2 heterocycles. The monoisotopic (exact) mass is 441 g/mol. The van der Waals surface area contributed by atoms with Gasteiger partial charge in [-0.1, -0.05) is 29.8 Å². The summed E-state index contributed by atoms with van der Waals surface area (Å²) in [6, 6.07) is 13.1. The molecule has 0 unspecified atom stereocenters. The molecule has 3 aromatic rings. The van der Waals surface area contributed by atoms with Crippen LogP contribution in [-0.2, 0) is 6.54 Å². The van der Waals surface area contributed by atoms with E-state index in [1.54, 1.807) is 19.1 Å². The zero-order valence-electron chi connectivity index (χ0n) is 16.5. The van der Waals surface area contributed by atoms with Crippen LogP contribution in [0.3, 0.4) is 0 Å². The van der Waals surface area contributed by atoms with Gasteiger partial charge in [-0.15, -0.1) is 11.3 Å². The van der Waals surface area contributed by atoms with Gasteiger partial charge in [-0.25, -0.2) is 4.98 Å². The normalized spacial score (nSPS) is 13.8. The second-order valence-corrected chi connectivity index (χ2v) is 8.06. The Morgan fingerprint density at radius 1 is 1.13 bits per heavy atom. The van der Waals surface area contributed by atoms with Gasteiger partial charge < -0.3 is 19.5 Å². The predicted octanol–water partition coefficient (Wildman–Crippen LogP) is 5.24. The van der Waals surface area contributed by atoms with Crippen molar-refractivity contribution < 1.29 is 14.6 Å². The van der Waals surface area contributed by atoms with Gasteiger partial charge in [0.05, 0.1) is 32.0 Å². The van der Waals surface area contributed by atoms with Crippen LogP contribution in [0.2, 0.25) is 5.02 Å². The van der Waals surface area contributed by atoms with Crippen LogP contribution in [0.1, 0.15) is 10.6 Å². The molecule has 154 valence electrons. The molecule has 2 N–H and O–H groups in total. The average molecular weight is 442 g/mol. The summed E-state index contributed by atoms with van der Waals surface area (Å²) in [6.07, 6.45) is 0. The molecule has 0 radical (unpaired) electrons. The Bertz CT molecular complexity index is 1120. The maximum atomic E-state index is 10.6. The number of hydrogen-bond acceptors (Lipinski definition) is 6. The van der Waals surface area contributed by atoms with Crippen LogP contribution in [0.4, 0.5) is 0 Å². The number of ether oxygens (including phenoxy) is 2. The minimum Gasteiger partial charge on any atom is -0.510 e. The topological polar surface area (TPSA) is 78.7 Å². The first kappa shape index (κ1) is 20.3. The van der Waals surface area contributed by atoms with Crippen LogP contribution in [-0.4, -0.2) is 41.6 Å². The molecule has 0 atom stereocenters. The smallest absolute Gasteiger partial charge is 0.161 e. The van der Waals surface area contributed by atoms with E-state index in [0.29, 0.717) is 33.6 Å². The quantitative estimate of drug-likeness (QED) is 0.546. The molecule has 6 nitrogen and oxygen atoms in total. The SMILES string of the molecule is COc1ccc(CN2CC(O)=C(c3nc(-c4ccc(Cl)cc4)cs3)C2=N)cc1OC. The molecule has 1 aliphatic heterocycles. The average Bonchev–Trinajstić information content (AvgIpc) is 3.33. The summed E-state index contributed by atoms with van der Waals surface area (Å²) in [4.78, 5) is 6.44. The highest BCUT2D eigenvalue weighted by atomic mass is 35.5. The van der Waals surface area contributed by atoms with Gasteiger partial charge in [-0.3, -0.25) is 5.41 Å². The highest BCUT2D eigenvalue weighted by molar-refractivity contribution is 7.11. The van der Waals surface area contributed by atoms with Crippen LogP contribution in [0.15, 0.2) is 53.6 Å². The van der Waals surface area contributed by atoms with Crippen LogP contribution in [0.5, 0.6) is 11.5 Å². The number of aromatic nitrogens is 1. The number of aliphatic hydroxyl groups excluding tert-OH is 1. The van der Waals surface area contributed by atoms with Crippen molar-refractivity contribution >= 4 is 34.3 Å². The lowest BCUT2D eigenvalue weighted by Gasteiger charge is -2.19. The van der Waals surface area contributed by atoms with Gasteiger partial charge in [0, 0.05) is 22.5 Å². The molecule has 30 heavy (non-hydrogen) atoms. The predicted molar refractivity (Wildman–Crippen MR) is 120 cm³/mol. The lowest BCUT2D eigenvalue weighted by atomic mass is 10.1. The molecular weight excluding hydrogens is 422 g/mol. The summed E-state index contributed by atoms with van der Waals surface area (Å²) in [5, 5.41) is 22.4. The Morgan fingerprint density at radius 2 is 1.87 bits per heavy atom. The van der Waals surface area contributed by atoms with E-state index in [2.05, 4.69) is 4.98 Å². The Kier molecular flexibility index (Phi) is 5.65. The molecule has 0 bridgehead atoms. The van der Waals surface area contributed by atoms with E-state index in [1.807, 2.05) is 47.8 Å². The Morgan fingerprint density at radius 3 is 2.57 bits per heavy atom. The van der Waals surface area contributed by atoms with E-state index < -0.39 is 0 Å². The van der Waals surface area contributed by atoms with E-state index in [4.69, 9.17) is 26.5 Å². The van der Waals surface area contributed by atoms with Crippen molar-refractivity contribution in [2.45, 2.75) is 6.54 Å². The summed E-state index contributed by atoms with van der Waals surface area (Å²) >= 11 is 7.36. The number of methoxy groups -OCH3 is 2. The number of benzene rings is 2. The van der Waals surface area contributed by atoms with Crippen molar-refractivity contribution in [1.29, 1.82) is 5.41 Å². The van der Waals surface area contributed by atoms with E-state index in [-0.39, 0.29) is 18.1 Å². The van der Waals surface area contributed by atoms with Crippen LogP contribution < -0.4 is 9.47 Å². The molecule has 0 amide bonds. The highest BCUT2D eigenvalue weighted by Gasteiger charge is 2.30. The molecule has 0 fully saturated rings. The third-order valence-corrected chi connectivity index (χ3v) is 5.97. The first-order chi connectivity index (χ1) is 14.5. The summed E-state index contributed by atoms with van der Waals surface area (Å²) in [5.74, 6) is 1.68. The maximum Gasteiger partial charge on any atom is 0.161 e. The lowest BCUT2D eigenvalue weighted by molar-refractivity contribution is 0.343. The maximum absolute atomic E-state index is 10.6. The molecule has 2 aromatic carbocycles. The second kappa shape index (κ2) is 8.38. The van der Waals surface area contributed by atoms with Gasteiger partial charge in [0.2, 0.25) is 0 Å². The molecule has 0 saturated heterocycles. The van der Waals surface area contributed by atoms with Crippen molar-refractivity contribution in [2.24, 2.45) is 0 Å². The lowest BCUT2D eigenvalue weighted by Crippen LogP contribution is -2.26. The van der Waals surface area contributed by atoms with Gasteiger partial charge in [-0.2, -0.15) is 0 Å². The van der Waals surface area contributed by atoms with Gasteiger partial charge in [0.1, 0.15) is 16.6 Å². The number of halogens is 1. The summed E-state index contributed by atoms with van der Waals surface area (Å²) < 4.78 is 10.6. The van der Waals surface area contributed by atoms with Crippen LogP contribution >= 0.6 is 22.9 Å². The van der Waals surface area contributed by atoms with Crippen molar-refractivity contribution in [3.8, 4) is 22.8 Å². The zero-order chi connectivity index (χ0) is 21.3. The van der Waals surface area contributed by atoms with Crippen LogP contribution in [0, 0.1) is 5.41 Å². The number of thiazole rings is 1. The third kappa shape index (κ3) is 3.86. The van der Waals surface area contributed by atoms with Crippen molar-refractivity contribution in [3.63, 3.8) is 0 Å². The number of hydrogen-bond donors (Lipinski definition) is 2. The van der Waals surface area contributed by atoms with Crippen molar-refractivity contribution in [1.82, 2.24) is 9.88 Å². The minimum atomic E-state index is 0.150. The number of nitrogens with zero attached hydrogens (tertiary/aromatic N) is 2. The molecule has 0 aliphatic carbocycles. The van der Waals surface area contributed by atoms with E-state index in [0.717, 1.165) is 16.8 Å². The molecule has 1 aliphatic rings. The van der Waals surface area contributed by atoms with Gasteiger partial charge in [-0.05, 0) is 29.8 Å². The van der Waals surface area contributed by atoms with E-state index >= 15 is 0 Å². The number of nitrogens with one attached hydrogen (secondary N) is 1. The summed E-state index contributed by atoms with van der Waals surface area (Å²) in [5.41, 5.74) is 3.15. The first-order valence-electron chi connectivity index (χ1n) is 9.19. The summed E-state index contributed by atoms with van der Waals surface area (Å²) in [6.45, 7) is 0.723. The standard InChI is InChI=1S/C22H20ClN3O3S/c1-28-18-8-3-13(9-19(18)29-2)10-26-11-17(27)20(21(26)24)22-25-16(12-30-22)14-4-6-15(23)7-5-14/h3-9,12,24,27H,10-11H2,1-2H3. The zero-order valence-corrected chi connectivity index (χ0v) is 18.0. The van der Waals surface area contributed by atoms with Crippen molar-refractivity contribution in [3.05, 3.63) is 69.2 Å². The number of amidine groups is 1. The minimum absolute atomic E-state index is 0.150. The van der Waals surface area contributed by atoms with Crippen molar-refractivity contribution in [2.75, 3.05) is 20.8 Å². The van der Waals surface area contributed by atoms with E-state index in [9.17, 15) is 5.11 Å². The highest BCUT2D eigenvalue weighted by Crippen LogP contribution is 2.34. The molecule has 0 spiro atoms. The number of aliphatic hydroxyl groups is 1. The fourth-order valence-corrected chi connectivity index (χ4v) is 4.36. The fraction of sp³-hybridized carbons (Fsp3) is 0.182. The Balaban J connectivity index is 1.54. The molecule has 8 heteroatoms. The van der Waals surface area contributed by atoms with Gasteiger partial charge in [0.25, 0.3) is 0 Å². The van der Waals surface area contributed by atoms with E-state index in [1.165, 1.54) is 11.3 Å². The molecule has 0 saturated carbocycles. The fourth-order valence-electron chi connectivity index (χ4n) is 3.33. The molecule has 4 rings (SSSR count). The van der Waals surface area contributed by atoms with Gasteiger partial charge >= 0.3 is 0 Å². The second-order valence-electron chi connectivity index (χ2n) is 6.76. The van der Waals surface area contributed by atoms with Crippen LogP contribution in [0.25, 0.3) is 16.8 Å². The van der Waals surface area contributed by atoms with Gasteiger partial charge in [0.15, 0.2) is 11.5 Å². The first-order valence-corrected chi connectivity index (χ1v) is 10.4. The molecular formula is C22H20ClN3O3S. The summed E-state index contributed by atoms with van der Waals surface area (Å²) in [7, 11) is 3.18. The third-order valence-electron chi connectivity index (χ3n) is 4.86. The number of rotatable bonds is 6.